The van der Waals surface area contributed by atoms with Gasteiger partial charge in [-0.05, 0) is 67.3 Å². The van der Waals surface area contributed by atoms with E-state index in [1.807, 2.05) is 24.3 Å². The molecule has 0 radical (unpaired) electrons. The van der Waals surface area contributed by atoms with Crippen molar-refractivity contribution in [1.82, 2.24) is 20.4 Å². The highest BCUT2D eigenvalue weighted by molar-refractivity contribution is 6.01. The molecule has 2 fully saturated rings. The number of methoxy groups -OCH3 is 2. The third kappa shape index (κ3) is 6.30. The fourth-order valence-corrected chi connectivity index (χ4v) is 6.67. The first-order valence-corrected chi connectivity index (χ1v) is 14.6. The lowest BCUT2D eigenvalue weighted by atomic mass is 9.80. The predicted molar refractivity (Wildman–Crippen MR) is 155 cm³/mol. The Hall–Kier alpha value is -4.34. The fourth-order valence-electron chi connectivity index (χ4n) is 6.67. The third-order valence-corrected chi connectivity index (χ3v) is 8.79. The van der Waals surface area contributed by atoms with Gasteiger partial charge in [-0.25, -0.2) is 28.1 Å². The van der Waals surface area contributed by atoms with E-state index in [1.54, 1.807) is 0 Å². The molecule has 0 aromatic heterocycles. The molecular formula is C32H35F2N5O5. The number of hydrogen-bond acceptors (Lipinski definition) is 7. The molecule has 2 aliphatic heterocycles. The van der Waals surface area contributed by atoms with Gasteiger partial charge in [0.2, 0.25) is 0 Å². The second kappa shape index (κ2) is 13.5. The van der Waals surface area contributed by atoms with Crippen molar-refractivity contribution in [2.75, 3.05) is 33.9 Å². The lowest BCUT2D eigenvalue weighted by molar-refractivity contribution is -0.137. The number of imide groups is 1. The molecule has 5 rings (SSSR count). The van der Waals surface area contributed by atoms with Crippen LogP contribution < -0.4 is 10.6 Å². The number of nitriles is 1. The first-order valence-electron chi connectivity index (χ1n) is 14.6. The lowest BCUT2D eigenvalue weighted by Crippen LogP contribution is -2.56. The van der Waals surface area contributed by atoms with Gasteiger partial charge >= 0.3 is 18.0 Å². The highest BCUT2D eigenvalue weighted by Crippen LogP contribution is 2.38. The molecule has 232 valence electrons. The summed E-state index contributed by atoms with van der Waals surface area (Å²) in [6.45, 7) is 1.16. The molecule has 10 nitrogen and oxygen atoms in total. The second-order valence-corrected chi connectivity index (χ2v) is 11.3. The number of carbonyl (C=O) groups excluding carboxylic acids is 3. The van der Waals surface area contributed by atoms with Crippen molar-refractivity contribution in [3.8, 4) is 6.07 Å². The molecule has 1 unspecified atom stereocenters. The van der Waals surface area contributed by atoms with Crippen LogP contribution in [0.2, 0.25) is 0 Å². The standard InChI is InChI=1S/C32H35F2N5O5/c1-43-18-27-28(30(40)44-2)29(20-9-12-25(33)26(34)15-20)39(32(42)37-27)31(41)36-22-13-14-38(17-22)23-10-7-19(8-11-23)24-6-4-3-5-21(24)16-35/h3-6,9,12,15,19,22-23,29H,7-8,10-11,13-14,17-18H2,1-2H3,(H,36,41)(H,37,42)/t19?,22-,23?,29?/m1/s1. The summed E-state index contributed by atoms with van der Waals surface area (Å²) in [6, 6.07) is 10.0. The normalized spacial score (nSPS) is 24.1. The van der Waals surface area contributed by atoms with Crippen LogP contribution in [0.3, 0.4) is 0 Å². The molecule has 1 saturated heterocycles. The summed E-state index contributed by atoms with van der Waals surface area (Å²) in [5.41, 5.74) is 1.78. The van der Waals surface area contributed by atoms with E-state index in [2.05, 4.69) is 21.6 Å². The number of amides is 4. The second-order valence-electron chi connectivity index (χ2n) is 11.3. The average Bonchev–Trinajstić information content (AvgIpc) is 3.50. The van der Waals surface area contributed by atoms with Gasteiger partial charge in [-0.2, -0.15) is 5.26 Å². The van der Waals surface area contributed by atoms with Crippen molar-refractivity contribution in [1.29, 1.82) is 5.26 Å². The van der Waals surface area contributed by atoms with Crippen LogP contribution in [-0.4, -0.2) is 73.8 Å². The zero-order valence-electron chi connectivity index (χ0n) is 24.6. The largest absolute Gasteiger partial charge is 0.466 e. The number of rotatable bonds is 7. The molecule has 4 amide bonds. The molecule has 2 aromatic rings. The van der Waals surface area contributed by atoms with Crippen molar-refractivity contribution in [2.45, 2.75) is 56.1 Å². The Balaban J connectivity index is 1.30. The Kier molecular flexibility index (Phi) is 9.56. The molecule has 1 aliphatic carbocycles. The van der Waals surface area contributed by atoms with Gasteiger partial charge < -0.3 is 20.1 Å². The van der Waals surface area contributed by atoms with Gasteiger partial charge in [-0.1, -0.05) is 24.3 Å². The van der Waals surface area contributed by atoms with Crippen LogP contribution in [0.1, 0.15) is 60.8 Å². The van der Waals surface area contributed by atoms with E-state index in [-0.39, 0.29) is 29.5 Å². The minimum Gasteiger partial charge on any atom is -0.466 e. The van der Waals surface area contributed by atoms with Gasteiger partial charge in [0.1, 0.15) is 6.04 Å². The maximum absolute atomic E-state index is 14.3. The molecule has 0 bridgehead atoms. The monoisotopic (exact) mass is 607 g/mol. The number of likely N-dealkylation sites (tertiary alicyclic amines) is 1. The van der Waals surface area contributed by atoms with E-state index in [1.165, 1.54) is 13.2 Å². The zero-order valence-corrected chi connectivity index (χ0v) is 24.6. The van der Waals surface area contributed by atoms with E-state index >= 15 is 0 Å². The number of hydrogen-bond donors (Lipinski definition) is 2. The van der Waals surface area contributed by atoms with Crippen molar-refractivity contribution < 1.29 is 32.6 Å². The summed E-state index contributed by atoms with van der Waals surface area (Å²) < 4.78 is 38.3. The minimum atomic E-state index is -1.39. The van der Waals surface area contributed by atoms with Crippen molar-refractivity contribution in [3.05, 3.63) is 82.1 Å². The highest BCUT2D eigenvalue weighted by Gasteiger charge is 2.44. The number of ether oxygens (including phenoxy) is 2. The van der Waals surface area contributed by atoms with Crippen LogP contribution in [-0.2, 0) is 14.3 Å². The van der Waals surface area contributed by atoms with E-state index < -0.39 is 35.7 Å². The molecule has 0 spiro atoms. The summed E-state index contributed by atoms with van der Waals surface area (Å²) in [4.78, 5) is 43.1. The molecule has 3 aliphatic rings. The van der Waals surface area contributed by atoms with Gasteiger partial charge in [0.15, 0.2) is 11.6 Å². The lowest BCUT2D eigenvalue weighted by Gasteiger charge is -2.37. The molecule has 2 aromatic carbocycles. The quantitative estimate of drug-likeness (QED) is 0.445. The van der Waals surface area contributed by atoms with Crippen LogP contribution >= 0.6 is 0 Å². The minimum absolute atomic E-state index is 0.0192. The highest BCUT2D eigenvalue weighted by atomic mass is 19.2. The summed E-state index contributed by atoms with van der Waals surface area (Å²) in [5.74, 6) is -2.82. The topological polar surface area (TPSA) is 124 Å². The SMILES string of the molecule is COCC1=C(C(=O)OC)C(c2ccc(F)c(F)c2)N(C(=O)N[C@@H]2CCN(C3CCC(c4ccccc4C#N)CC3)C2)C(=O)N1. The molecule has 2 atom stereocenters. The molecule has 2 heterocycles. The van der Waals surface area contributed by atoms with Gasteiger partial charge in [0, 0.05) is 32.3 Å². The smallest absolute Gasteiger partial charge is 0.338 e. The Bertz CT molecular complexity index is 1500. The number of nitrogens with zero attached hydrogens (tertiary/aromatic N) is 3. The van der Waals surface area contributed by atoms with Crippen LogP contribution in [0, 0.1) is 23.0 Å². The van der Waals surface area contributed by atoms with Crippen LogP contribution in [0.25, 0.3) is 0 Å². The van der Waals surface area contributed by atoms with Gasteiger partial charge in [0.05, 0.1) is 36.6 Å². The summed E-state index contributed by atoms with van der Waals surface area (Å²) in [5, 5.41) is 15.0. The number of nitrogens with one attached hydrogen (secondary N) is 2. The molecule has 12 heteroatoms. The Labute approximate surface area is 254 Å². The summed E-state index contributed by atoms with van der Waals surface area (Å²) in [7, 11) is 2.51. The van der Waals surface area contributed by atoms with Crippen LogP contribution in [0.15, 0.2) is 53.7 Å². The van der Waals surface area contributed by atoms with Gasteiger partial charge in [0.25, 0.3) is 0 Å². The van der Waals surface area contributed by atoms with E-state index in [0.29, 0.717) is 24.9 Å². The van der Waals surface area contributed by atoms with E-state index in [9.17, 15) is 28.4 Å². The molecular weight excluding hydrogens is 572 g/mol. The number of carbonyl (C=O) groups is 3. The fraction of sp³-hybridized carbons (Fsp3) is 0.438. The van der Waals surface area contributed by atoms with E-state index in [0.717, 1.165) is 67.5 Å². The molecule has 2 N–H and O–H groups in total. The number of benzene rings is 2. The molecule has 44 heavy (non-hydrogen) atoms. The Morgan fingerprint density at radius 3 is 2.50 bits per heavy atom. The average molecular weight is 608 g/mol. The van der Waals surface area contributed by atoms with Crippen LogP contribution in [0.4, 0.5) is 18.4 Å². The maximum atomic E-state index is 14.3. The Morgan fingerprint density at radius 2 is 1.82 bits per heavy atom. The number of esters is 1. The zero-order chi connectivity index (χ0) is 31.4. The number of urea groups is 2. The molecule has 1 saturated carbocycles. The van der Waals surface area contributed by atoms with Gasteiger partial charge in [-0.15, -0.1) is 0 Å². The Morgan fingerprint density at radius 1 is 1.07 bits per heavy atom. The van der Waals surface area contributed by atoms with Gasteiger partial charge in [-0.3, -0.25) is 4.90 Å². The van der Waals surface area contributed by atoms with Crippen LogP contribution in [0.5, 0.6) is 0 Å². The predicted octanol–water partition coefficient (Wildman–Crippen LogP) is 4.49. The third-order valence-electron chi connectivity index (χ3n) is 8.79. The number of halogens is 2. The van der Waals surface area contributed by atoms with Crippen molar-refractivity contribution in [2.24, 2.45) is 0 Å². The van der Waals surface area contributed by atoms with E-state index in [4.69, 9.17) is 9.47 Å². The first-order chi connectivity index (χ1) is 21.2. The first kappa shape index (κ1) is 31.1. The van der Waals surface area contributed by atoms with Crippen molar-refractivity contribution >= 4 is 18.0 Å². The van der Waals surface area contributed by atoms with Crippen molar-refractivity contribution in [3.63, 3.8) is 0 Å². The summed E-state index contributed by atoms with van der Waals surface area (Å²) >= 11 is 0. The summed E-state index contributed by atoms with van der Waals surface area (Å²) in [6.07, 6.45) is 4.52. The maximum Gasteiger partial charge on any atom is 0.338 e.